The van der Waals surface area contributed by atoms with Crippen molar-refractivity contribution in [3.63, 3.8) is 0 Å². The van der Waals surface area contributed by atoms with Crippen LogP contribution in [0.1, 0.15) is 47.5 Å². The highest BCUT2D eigenvalue weighted by atomic mass is 16.4. The minimum atomic E-state index is -0.899. The lowest BCUT2D eigenvalue weighted by Crippen LogP contribution is -1.96. The van der Waals surface area contributed by atoms with E-state index in [9.17, 15) is 9.90 Å². The van der Waals surface area contributed by atoms with Gasteiger partial charge in [0.25, 0.3) is 0 Å². The minimum absolute atomic E-state index is 0.311. The maximum absolute atomic E-state index is 11.2. The highest BCUT2D eigenvalue weighted by Gasteiger charge is 2.25. The number of hydrogen-bond donors (Lipinski definition) is 2. The van der Waals surface area contributed by atoms with Crippen LogP contribution in [0.15, 0.2) is 41.2 Å². The van der Waals surface area contributed by atoms with Crippen LogP contribution >= 0.6 is 0 Å². The van der Waals surface area contributed by atoms with Crippen molar-refractivity contribution >= 4 is 16.9 Å². The van der Waals surface area contributed by atoms with E-state index >= 15 is 0 Å². The molecule has 1 aliphatic carbocycles. The first-order chi connectivity index (χ1) is 10.7. The predicted octanol–water partition coefficient (Wildman–Crippen LogP) is 4.78. The normalized spacial score (nSPS) is 15.6. The van der Waals surface area contributed by atoms with Gasteiger partial charge in [-0.15, -0.1) is 0 Å². The lowest BCUT2D eigenvalue weighted by molar-refractivity contribution is 0.0697. The molecule has 0 saturated heterocycles. The zero-order valence-corrected chi connectivity index (χ0v) is 12.1. The van der Waals surface area contributed by atoms with Gasteiger partial charge in [-0.3, -0.25) is 0 Å². The molecule has 2 aromatic heterocycles. The van der Waals surface area contributed by atoms with Crippen LogP contribution in [0.4, 0.5) is 0 Å². The van der Waals surface area contributed by atoms with Gasteiger partial charge in [-0.1, -0.05) is 18.9 Å². The van der Waals surface area contributed by atoms with E-state index < -0.39 is 5.97 Å². The van der Waals surface area contributed by atoms with Gasteiger partial charge in [0.05, 0.1) is 23.8 Å². The molecule has 0 bridgehead atoms. The van der Waals surface area contributed by atoms with E-state index in [-0.39, 0.29) is 0 Å². The van der Waals surface area contributed by atoms with E-state index in [0.717, 1.165) is 22.2 Å². The molecule has 1 aliphatic rings. The van der Waals surface area contributed by atoms with Crippen molar-refractivity contribution in [3.8, 4) is 11.3 Å². The Hall–Kier alpha value is -2.49. The number of hydrogen-bond acceptors (Lipinski definition) is 2. The average molecular weight is 295 g/mol. The Morgan fingerprint density at radius 3 is 2.73 bits per heavy atom. The number of fused-ring (bicyclic) bond motifs is 1. The first kappa shape index (κ1) is 13.2. The summed E-state index contributed by atoms with van der Waals surface area (Å²) < 4.78 is 5.23. The molecule has 0 aliphatic heterocycles. The minimum Gasteiger partial charge on any atom is -0.478 e. The van der Waals surface area contributed by atoms with E-state index in [1.165, 1.54) is 31.2 Å². The van der Waals surface area contributed by atoms with Gasteiger partial charge < -0.3 is 14.5 Å². The van der Waals surface area contributed by atoms with Crippen molar-refractivity contribution in [2.75, 3.05) is 0 Å². The SMILES string of the molecule is O=C(O)c1ccc2c(C3CCCC3)c(-c3ccoc3)[nH]c2c1. The largest absolute Gasteiger partial charge is 0.478 e. The number of benzene rings is 1. The highest BCUT2D eigenvalue weighted by Crippen LogP contribution is 2.43. The molecule has 4 heteroatoms. The molecule has 0 spiro atoms. The van der Waals surface area contributed by atoms with Gasteiger partial charge >= 0.3 is 5.97 Å². The molecule has 1 aromatic carbocycles. The molecule has 1 fully saturated rings. The van der Waals surface area contributed by atoms with Crippen LogP contribution < -0.4 is 0 Å². The average Bonchev–Trinajstić information content (AvgIpc) is 3.25. The third-order valence-corrected chi connectivity index (χ3v) is 4.66. The number of nitrogens with one attached hydrogen (secondary N) is 1. The van der Waals surface area contributed by atoms with Gasteiger partial charge in [0.1, 0.15) is 0 Å². The van der Waals surface area contributed by atoms with Crippen LogP contribution in [0.2, 0.25) is 0 Å². The first-order valence-corrected chi connectivity index (χ1v) is 7.65. The topological polar surface area (TPSA) is 66.2 Å². The number of aromatic carboxylic acids is 1. The van der Waals surface area contributed by atoms with Gasteiger partial charge in [-0.05, 0) is 42.5 Å². The fourth-order valence-corrected chi connectivity index (χ4v) is 3.63. The quantitative estimate of drug-likeness (QED) is 0.730. The van der Waals surface area contributed by atoms with Crippen molar-refractivity contribution < 1.29 is 14.3 Å². The molecular weight excluding hydrogens is 278 g/mol. The fraction of sp³-hybridized carbons (Fsp3) is 0.278. The van der Waals surface area contributed by atoms with Crippen molar-refractivity contribution in [2.24, 2.45) is 0 Å². The summed E-state index contributed by atoms with van der Waals surface area (Å²) in [5, 5.41) is 10.3. The molecule has 3 aromatic rings. The highest BCUT2D eigenvalue weighted by molar-refractivity contribution is 5.97. The Morgan fingerprint density at radius 2 is 2.05 bits per heavy atom. The number of aromatic nitrogens is 1. The molecule has 112 valence electrons. The molecule has 0 atom stereocenters. The molecule has 4 nitrogen and oxygen atoms in total. The van der Waals surface area contributed by atoms with Gasteiger partial charge in [0.15, 0.2) is 0 Å². The second kappa shape index (κ2) is 5.05. The Bertz CT molecular complexity index is 824. The van der Waals surface area contributed by atoms with Gasteiger partial charge in [-0.25, -0.2) is 4.79 Å². The Balaban J connectivity index is 1.95. The maximum Gasteiger partial charge on any atom is 0.335 e. The summed E-state index contributed by atoms with van der Waals surface area (Å²) in [4.78, 5) is 14.6. The van der Waals surface area contributed by atoms with Crippen molar-refractivity contribution in [2.45, 2.75) is 31.6 Å². The molecular formula is C18H17NO3. The number of carboxylic acid groups (broad SMARTS) is 1. The van der Waals surface area contributed by atoms with Crippen LogP contribution in [-0.2, 0) is 0 Å². The maximum atomic E-state index is 11.2. The number of H-pyrrole nitrogens is 1. The molecule has 22 heavy (non-hydrogen) atoms. The van der Waals surface area contributed by atoms with Crippen LogP contribution in [0, 0.1) is 0 Å². The third kappa shape index (κ3) is 2.03. The number of carbonyl (C=O) groups is 1. The lowest BCUT2D eigenvalue weighted by atomic mass is 9.92. The van der Waals surface area contributed by atoms with Crippen molar-refractivity contribution in [1.82, 2.24) is 4.98 Å². The van der Waals surface area contributed by atoms with Crippen molar-refractivity contribution in [3.05, 3.63) is 47.9 Å². The van der Waals surface area contributed by atoms with Gasteiger partial charge in [0, 0.05) is 16.5 Å². The predicted molar refractivity (Wildman–Crippen MR) is 84.2 cm³/mol. The number of furan rings is 1. The van der Waals surface area contributed by atoms with Gasteiger partial charge in [-0.2, -0.15) is 0 Å². The van der Waals surface area contributed by atoms with E-state index in [4.69, 9.17) is 4.42 Å². The molecule has 4 rings (SSSR count). The van der Waals surface area contributed by atoms with E-state index in [0.29, 0.717) is 11.5 Å². The Morgan fingerprint density at radius 1 is 1.23 bits per heavy atom. The fourth-order valence-electron chi connectivity index (χ4n) is 3.63. The standard InChI is InChI=1S/C18H17NO3/c20-18(21)12-5-6-14-15(9-12)19-17(13-7-8-22-10-13)16(14)11-3-1-2-4-11/h5-11,19H,1-4H2,(H,20,21). The zero-order valence-electron chi connectivity index (χ0n) is 12.1. The molecule has 1 saturated carbocycles. The second-order valence-corrected chi connectivity index (χ2v) is 5.97. The van der Waals surface area contributed by atoms with E-state index in [1.54, 1.807) is 24.7 Å². The summed E-state index contributed by atoms with van der Waals surface area (Å²) in [6.07, 6.45) is 8.31. The zero-order chi connectivity index (χ0) is 15.1. The van der Waals surface area contributed by atoms with Crippen LogP contribution in [0.3, 0.4) is 0 Å². The van der Waals surface area contributed by atoms with Crippen molar-refractivity contribution in [1.29, 1.82) is 0 Å². The number of aromatic amines is 1. The second-order valence-electron chi connectivity index (χ2n) is 5.97. The summed E-state index contributed by atoms with van der Waals surface area (Å²) in [6.45, 7) is 0. The van der Waals surface area contributed by atoms with E-state index in [2.05, 4.69) is 4.98 Å². The third-order valence-electron chi connectivity index (χ3n) is 4.66. The molecule has 0 unspecified atom stereocenters. The van der Waals surface area contributed by atoms with Gasteiger partial charge in [0.2, 0.25) is 0 Å². The smallest absolute Gasteiger partial charge is 0.335 e. The summed E-state index contributed by atoms with van der Waals surface area (Å²) in [7, 11) is 0. The summed E-state index contributed by atoms with van der Waals surface area (Å²) >= 11 is 0. The molecule has 0 radical (unpaired) electrons. The summed E-state index contributed by atoms with van der Waals surface area (Å²) in [5.74, 6) is -0.363. The van der Waals surface area contributed by atoms with E-state index in [1.807, 2.05) is 12.1 Å². The summed E-state index contributed by atoms with van der Waals surface area (Å²) in [6, 6.07) is 7.30. The number of carboxylic acids is 1. The summed E-state index contributed by atoms with van der Waals surface area (Å²) in [5.41, 5.74) is 4.60. The number of rotatable bonds is 3. The Labute approximate surface area is 127 Å². The molecule has 0 amide bonds. The lowest BCUT2D eigenvalue weighted by Gasteiger charge is -2.11. The monoisotopic (exact) mass is 295 g/mol. The molecule has 2 N–H and O–H groups in total. The van der Waals surface area contributed by atoms with Crippen LogP contribution in [0.5, 0.6) is 0 Å². The Kier molecular flexibility index (Phi) is 3.03. The van der Waals surface area contributed by atoms with Crippen LogP contribution in [0.25, 0.3) is 22.2 Å². The first-order valence-electron chi connectivity index (χ1n) is 7.65. The molecule has 2 heterocycles. The van der Waals surface area contributed by atoms with Crippen LogP contribution in [-0.4, -0.2) is 16.1 Å².